The molecule has 0 amide bonds. The fourth-order valence-corrected chi connectivity index (χ4v) is 2.64. The summed E-state index contributed by atoms with van der Waals surface area (Å²) >= 11 is 0. The van der Waals surface area contributed by atoms with E-state index in [1.807, 2.05) is 43.3 Å². The van der Waals surface area contributed by atoms with Crippen LogP contribution in [-0.2, 0) is 9.53 Å². The van der Waals surface area contributed by atoms with E-state index in [1.165, 1.54) is 6.92 Å². The molecule has 4 nitrogen and oxygen atoms in total. The summed E-state index contributed by atoms with van der Waals surface area (Å²) in [5.41, 5.74) is 2.75. The number of fused-ring (bicyclic) bond motifs is 1. The lowest BCUT2D eigenvalue weighted by molar-refractivity contribution is -0.131. The standard InChI is InChI=1S/C19H18O4/c1-12(21-3)18-16-6-4-5-7-17(16)23-19(18)14-8-10-15(11-9-14)22-13(2)20/h4-12H,1-3H3. The van der Waals surface area contributed by atoms with Crippen molar-refractivity contribution in [3.63, 3.8) is 0 Å². The molecule has 1 aromatic heterocycles. The summed E-state index contributed by atoms with van der Waals surface area (Å²) in [5.74, 6) is 0.948. The third-order valence-electron chi connectivity index (χ3n) is 3.77. The molecule has 0 N–H and O–H groups in total. The predicted octanol–water partition coefficient (Wildman–Crippen LogP) is 4.73. The minimum absolute atomic E-state index is 0.0956. The van der Waals surface area contributed by atoms with Crippen molar-refractivity contribution >= 4 is 16.9 Å². The highest BCUT2D eigenvalue weighted by molar-refractivity contribution is 5.88. The van der Waals surface area contributed by atoms with Crippen LogP contribution in [-0.4, -0.2) is 13.1 Å². The van der Waals surface area contributed by atoms with Crippen molar-refractivity contribution < 1.29 is 18.7 Å². The molecule has 0 radical (unpaired) electrons. The van der Waals surface area contributed by atoms with Crippen LogP contribution in [0.3, 0.4) is 0 Å². The van der Waals surface area contributed by atoms with Crippen molar-refractivity contribution in [3.8, 4) is 17.1 Å². The second-order valence-corrected chi connectivity index (χ2v) is 5.34. The quantitative estimate of drug-likeness (QED) is 0.516. The molecule has 1 heterocycles. The van der Waals surface area contributed by atoms with Crippen molar-refractivity contribution in [1.82, 2.24) is 0 Å². The number of hydrogen-bond donors (Lipinski definition) is 0. The molecular weight excluding hydrogens is 292 g/mol. The molecule has 3 aromatic rings. The van der Waals surface area contributed by atoms with E-state index in [9.17, 15) is 4.79 Å². The average Bonchev–Trinajstić information content (AvgIpc) is 2.93. The number of carbonyl (C=O) groups excluding carboxylic acids is 1. The van der Waals surface area contributed by atoms with E-state index in [1.54, 1.807) is 19.2 Å². The number of hydrogen-bond acceptors (Lipinski definition) is 4. The molecule has 0 fully saturated rings. The number of para-hydroxylation sites is 1. The number of methoxy groups -OCH3 is 1. The molecule has 0 saturated heterocycles. The third-order valence-corrected chi connectivity index (χ3v) is 3.77. The molecule has 0 aliphatic heterocycles. The van der Waals surface area contributed by atoms with Crippen LogP contribution in [0.5, 0.6) is 5.75 Å². The fraction of sp³-hybridized carbons (Fsp3) is 0.211. The topological polar surface area (TPSA) is 48.7 Å². The predicted molar refractivity (Wildman–Crippen MR) is 88.4 cm³/mol. The van der Waals surface area contributed by atoms with Crippen LogP contribution < -0.4 is 4.74 Å². The second kappa shape index (κ2) is 6.26. The Labute approximate surface area is 134 Å². The largest absolute Gasteiger partial charge is 0.456 e. The highest BCUT2D eigenvalue weighted by Crippen LogP contribution is 2.38. The van der Waals surface area contributed by atoms with Crippen LogP contribution in [0.15, 0.2) is 52.9 Å². The number of ether oxygens (including phenoxy) is 2. The van der Waals surface area contributed by atoms with Gasteiger partial charge in [-0.1, -0.05) is 18.2 Å². The van der Waals surface area contributed by atoms with Gasteiger partial charge in [0.1, 0.15) is 17.1 Å². The van der Waals surface area contributed by atoms with Gasteiger partial charge in [0, 0.05) is 30.5 Å². The molecule has 3 rings (SSSR count). The molecule has 0 aliphatic rings. The zero-order chi connectivity index (χ0) is 16.4. The van der Waals surface area contributed by atoms with Crippen molar-refractivity contribution in [2.75, 3.05) is 7.11 Å². The summed E-state index contributed by atoms with van der Waals surface area (Å²) in [6, 6.07) is 15.2. The molecule has 4 heteroatoms. The second-order valence-electron chi connectivity index (χ2n) is 5.34. The van der Waals surface area contributed by atoms with E-state index in [2.05, 4.69) is 0 Å². The number of benzene rings is 2. The van der Waals surface area contributed by atoms with Gasteiger partial charge in [0.15, 0.2) is 0 Å². The Morgan fingerprint density at radius 2 is 1.78 bits per heavy atom. The van der Waals surface area contributed by atoms with Crippen molar-refractivity contribution in [2.24, 2.45) is 0 Å². The van der Waals surface area contributed by atoms with Crippen molar-refractivity contribution in [3.05, 3.63) is 54.1 Å². The number of furan rings is 1. The van der Waals surface area contributed by atoms with Gasteiger partial charge in [0.2, 0.25) is 0 Å². The Morgan fingerprint density at radius 3 is 2.43 bits per heavy atom. The van der Waals surface area contributed by atoms with Gasteiger partial charge >= 0.3 is 5.97 Å². The van der Waals surface area contributed by atoms with E-state index in [4.69, 9.17) is 13.9 Å². The van der Waals surface area contributed by atoms with Gasteiger partial charge in [-0.15, -0.1) is 0 Å². The smallest absolute Gasteiger partial charge is 0.308 e. The molecule has 2 aromatic carbocycles. The molecule has 1 atom stereocenters. The zero-order valence-electron chi connectivity index (χ0n) is 13.3. The first-order valence-electron chi connectivity index (χ1n) is 7.43. The van der Waals surface area contributed by atoms with E-state index < -0.39 is 0 Å². The third kappa shape index (κ3) is 2.98. The molecule has 1 unspecified atom stereocenters. The maximum absolute atomic E-state index is 11.0. The van der Waals surface area contributed by atoms with Gasteiger partial charge < -0.3 is 13.9 Å². The van der Waals surface area contributed by atoms with Gasteiger partial charge in [-0.25, -0.2) is 0 Å². The number of esters is 1. The van der Waals surface area contributed by atoms with Crippen LogP contribution in [0, 0.1) is 0 Å². The Hall–Kier alpha value is -2.59. The van der Waals surface area contributed by atoms with Crippen LogP contribution in [0.1, 0.15) is 25.5 Å². The van der Waals surface area contributed by atoms with Crippen molar-refractivity contribution in [2.45, 2.75) is 20.0 Å². The monoisotopic (exact) mass is 310 g/mol. The van der Waals surface area contributed by atoms with Gasteiger partial charge in [-0.2, -0.15) is 0 Å². The molecule has 0 spiro atoms. The molecule has 0 saturated carbocycles. The van der Waals surface area contributed by atoms with Gasteiger partial charge in [0.25, 0.3) is 0 Å². The number of rotatable bonds is 4. The first kappa shape index (κ1) is 15.3. The molecule has 0 bridgehead atoms. The van der Waals surface area contributed by atoms with Gasteiger partial charge in [0.05, 0.1) is 6.10 Å². The molecule has 0 aliphatic carbocycles. The van der Waals surface area contributed by atoms with Crippen LogP contribution >= 0.6 is 0 Å². The lowest BCUT2D eigenvalue weighted by Gasteiger charge is -2.11. The van der Waals surface area contributed by atoms with Gasteiger partial charge in [-0.3, -0.25) is 4.79 Å². The minimum atomic E-state index is -0.338. The maximum atomic E-state index is 11.0. The summed E-state index contributed by atoms with van der Waals surface area (Å²) < 4.78 is 16.6. The summed E-state index contributed by atoms with van der Waals surface area (Å²) in [7, 11) is 1.68. The van der Waals surface area contributed by atoms with Crippen LogP contribution in [0.25, 0.3) is 22.3 Å². The summed E-state index contributed by atoms with van der Waals surface area (Å²) in [6.07, 6.45) is -0.0956. The van der Waals surface area contributed by atoms with Crippen molar-refractivity contribution in [1.29, 1.82) is 0 Å². The molecule has 118 valence electrons. The Morgan fingerprint density at radius 1 is 1.09 bits per heavy atom. The van der Waals surface area contributed by atoms with E-state index in [0.29, 0.717) is 5.75 Å². The fourth-order valence-electron chi connectivity index (χ4n) is 2.64. The Balaban J connectivity index is 2.10. The van der Waals surface area contributed by atoms with E-state index >= 15 is 0 Å². The summed E-state index contributed by atoms with van der Waals surface area (Å²) in [5, 5.41) is 1.04. The van der Waals surface area contributed by atoms with Gasteiger partial charge in [-0.05, 0) is 37.3 Å². The van der Waals surface area contributed by atoms with Crippen LogP contribution in [0.2, 0.25) is 0 Å². The first-order chi connectivity index (χ1) is 11.1. The summed E-state index contributed by atoms with van der Waals surface area (Å²) in [4.78, 5) is 11.0. The lowest BCUT2D eigenvalue weighted by Crippen LogP contribution is -2.01. The Kier molecular flexibility index (Phi) is 4.17. The minimum Gasteiger partial charge on any atom is -0.456 e. The molecule has 23 heavy (non-hydrogen) atoms. The summed E-state index contributed by atoms with van der Waals surface area (Å²) in [6.45, 7) is 3.37. The van der Waals surface area contributed by atoms with E-state index in [-0.39, 0.29) is 12.1 Å². The maximum Gasteiger partial charge on any atom is 0.308 e. The Bertz CT molecular complexity index is 830. The SMILES string of the molecule is COC(C)c1c(-c2ccc(OC(C)=O)cc2)oc2ccccc12. The van der Waals surface area contributed by atoms with Crippen LogP contribution in [0.4, 0.5) is 0 Å². The zero-order valence-corrected chi connectivity index (χ0v) is 13.3. The lowest BCUT2D eigenvalue weighted by atomic mass is 10.0. The molecular formula is C19H18O4. The van der Waals surface area contributed by atoms with E-state index in [0.717, 1.165) is 27.9 Å². The number of carbonyl (C=O) groups is 1. The average molecular weight is 310 g/mol. The first-order valence-corrected chi connectivity index (χ1v) is 7.43. The highest BCUT2D eigenvalue weighted by Gasteiger charge is 2.20. The highest BCUT2D eigenvalue weighted by atomic mass is 16.5. The normalized spacial score (nSPS) is 12.3.